The van der Waals surface area contributed by atoms with Gasteiger partial charge in [-0.15, -0.1) is 12.4 Å². The molecule has 0 saturated heterocycles. The predicted molar refractivity (Wildman–Crippen MR) is 69.9 cm³/mol. The quantitative estimate of drug-likeness (QED) is 0.891. The summed E-state index contributed by atoms with van der Waals surface area (Å²) in [5, 5.41) is 0. The third-order valence-corrected chi connectivity index (χ3v) is 2.57. The van der Waals surface area contributed by atoms with Crippen LogP contribution in [0.3, 0.4) is 0 Å². The minimum absolute atomic E-state index is 0. The van der Waals surface area contributed by atoms with Crippen LogP contribution in [0.15, 0.2) is 18.2 Å². The van der Waals surface area contributed by atoms with E-state index >= 15 is 0 Å². The fourth-order valence-electron chi connectivity index (χ4n) is 1.53. The first kappa shape index (κ1) is 17.8. The van der Waals surface area contributed by atoms with E-state index in [-0.39, 0.29) is 37.0 Å². The summed E-state index contributed by atoms with van der Waals surface area (Å²) in [5.41, 5.74) is 5.60. The molecule has 0 aromatic heterocycles. The molecule has 1 rings (SSSR count). The fourth-order valence-corrected chi connectivity index (χ4v) is 1.53. The molecule has 1 aromatic carbocycles. The first-order valence-electron chi connectivity index (χ1n) is 5.41. The van der Waals surface area contributed by atoms with E-state index in [0.717, 1.165) is 12.1 Å². The van der Waals surface area contributed by atoms with Gasteiger partial charge in [0.2, 0.25) is 0 Å². The molecule has 0 radical (unpaired) electrons. The number of rotatable bonds is 5. The lowest BCUT2D eigenvalue weighted by Gasteiger charge is -2.22. The van der Waals surface area contributed by atoms with Crippen molar-refractivity contribution < 1.29 is 18.3 Å². The van der Waals surface area contributed by atoms with Gasteiger partial charge in [-0.2, -0.15) is 0 Å². The number of carbonyl (C=O) groups is 1. The van der Waals surface area contributed by atoms with Crippen LogP contribution in [0.25, 0.3) is 0 Å². The molecule has 1 amide bonds. The number of benzene rings is 1. The SMILES string of the molecule is COC(CN)C(=O)N(C)Cc1ccc(F)cc1F.Cl. The number of methoxy groups -OCH3 is 1. The Morgan fingerprint density at radius 2 is 2.11 bits per heavy atom. The van der Waals surface area contributed by atoms with Crippen LogP contribution in [0.5, 0.6) is 0 Å². The Labute approximate surface area is 116 Å². The number of nitrogens with two attached hydrogens (primary N) is 1. The van der Waals surface area contributed by atoms with Crippen LogP contribution >= 0.6 is 12.4 Å². The highest BCUT2D eigenvalue weighted by molar-refractivity contribution is 5.85. The zero-order valence-electron chi connectivity index (χ0n) is 10.7. The van der Waals surface area contributed by atoms with Gasteiger partial charge in [0.25, 0.3) is 5.91 Å². The van der Waals surface area contributed by atoms with Crippen molar-refractivity contribution >= 4 is 18.3 Å². The van der Waals surface area contributed by atoms with Crippen molar-refractivity contribution in [2.24, 2.45) is 5.73 Å². The number of halogens is 3. The van der Waals surface area contributed by atoms with Gasteiger partial charge in [0.15, 0.2) is 0 Å². The lowest BCUT2D eigenvalue weighted by molar-refractivity contribution is -0.140. The van der Waals surface area contributed by atoms with Gasteiger partial charge >= 0.3 is 0 Å². The maximum Gasteiger partial charge on any atom is 0.253 e. The summed E-state index contributed by atoms with van der Waals surface area (Å²) in [4.78, 5) is 13.1. The molecule has 1 aromatic rings. The third-order valence-electron chi connectivity index (χ3n) is 2.57. The van der Waals surface area contributed by atoms with Crippen molar-refractivity contribution in [2.75, 3.05) is 20.7 Å². The van der Waals surface area contributed by atoms with Gasteiger partial charge in [-0.3, -0.25) is 4.79 Å². The molecule has 0 aliphatic rings. The van der Waals surface area contributed by atoms with E-state index < -0.39 is 17.7 Å². The summed E-state index contributed by atoms with van der Waals surface area (Å²) in [6.07, 6.45) is -0.751. The standard InChI is InChI=1S/C12H16F2N2O2.ClH/c1-16(12(17)11(6-15)18-2)7-8-3-4-9(13)5-10(8)14;/h3-5,11H,6-7,15H2,1-2H3;1H. The van der Waals surface area contributed by atoms with Gasteiger partial charge in [-0.05, 0) is 6.07 Å². The molecule has 0 saturated carbocycles. The lowest BCUT2D eigenvalue weighted by atomic mass is 10.2. The van der Waals surface area contributed by atoms with Crippen LogP contribution in [-0.4, -0.2) is 37.6 Å². The first-order chi connectivity index (χ1) is 8.49. The Kier molecular flexibility index (Phi) is 7.51. The van der Waals surface area contributed by atoms with Gasteiger partial charge in [-0.1, -0.05) is 6.07 Å². The summed E-state index contributed by atoms with van der Waals surface area (Å²) in [6.45, 7) is 0.0797. The molecule has 1 unspecified atom stereocenters. The van der Waals surface area contributed by atoms with Crippen LogP contribution in [0.1, 0.15) is 5.56 Å². The van der Waals surface area contributed by atoms with Crippen molar-refractivity contribution in [3.63, 3.8) is 0 Å². The highest BCUT2D eigenvalue weighted by Crippen LogP contribution is 2.12. The minimum Gasteiger partial charge on any atom is -0.370 e. The van der Waals surface area contributed by atoms with E-state index in [1.165, 1.54) is 25.1 Å². The molecule has 7 heteroatoms. The first-order valence-corrected chi connectivity index (χ1v) is 5.41. The van der Waals surface area contributed by atoms with Crippen molar-refractivity contribution in [3.8, 4) is 0 Å². The number of amides is 1. The van der Waals surface area contributed by atoms with E-state index in [9.17, 15) is 13.6 Å². The Hall–Kier alpha value is -1.24. The summed E-state index contributed by atoms with van der Waals surface area (Å²) in [6, 6.07) is 3.23. The average molecular weight is 295 g/mol. The predicted octanol–water partition coefficient (Wildman–Crippen LogP) is 1.32. The van der Waals surface area contributed by atoms with Gasteiger partial charge in [0, 0.05) is 38.9 Å². The Balaban J connectivity index is 0.00000324. The van der Waals surface area contributed by atoms with Crippen LogP contribution in [-0.2, 0) is 16.1 Å². The minimum atomic E-state index is -0.751. The van der Waals surface area contributed by atoms with Crippen LogP contribution in [0.2, 0.25) is 0 Å². The highest BCUT2D eigenvalue weighted by atomic mass is 35.5. The maximum absolute atomic E-state index is 13.4. The van der Waals surface area contributed by atoms with Crippen molar-refractivity contribution in [1.29, 1.82) is 0 Å². The highest BCUT2D eigenvalue weighted by Gasteiger charge is 2.20. The molecule has 0 fully saturated rings. The number of hydrogen-bond acceptors (Lipinski definition) is 3. The molecule has 0 aliphatic carbocycles. The Bertz CT molecular complexity index is 428. The largest absolute Gasteiger partial charge is 0.370 e. The van der Waals surface area contributed by atoms with E-state index in [4.69, 9.17) is 10.5 Å². The fraction of sp³-hybridized carbons (Fsp3) is 0.417. The Morgan fingerprint density at radius 1 is 1.47 bits per heavy atom. The monoisotopic (exact) mass is 294 g/mol. The number of likely N-dealkylation sites (N-methyl/N-ethyl adjacent to an activating group) is 1. The summed E-state index contributed by atoms with van der Waals surface area (Å²) in [7, 11) is 2.88. The molecule has 4 nitrogen and oxygen atoms in total. The normalized spacial score (nSPS) is 11.6. The smallest absolute Gasteiger partial charge is 0.253 e. The number of ether oxygens (including phenoxy) is 1. The summed E-state index contributed by atoms with van der Waals surface area (Å²) in [5.74, 6) is -1.68. The topological polar surface area (TPSA) is 55.6 Å². The van der Waals surface area contributed by atoms with Crippen molar-refractivity contribution in [3.05, 3.63) is 35.4 Å². The third kappa shape index (κ3) is 4.74. The molecule has 0 heterocycles. The molecule has 0 bridgehead atoms. The second-order valence-corrected chi connectivity index (χ2v) is 3.89. The second kappa shape index (κ2) is 8.04. The zero-order chi connectivity index (χ0) is 13.7. The molecule has 108 valence electrons. The molecule has 1 atom stereocenters. The van der Waals surface area contributed by atoms with Crippen molar-refractivity contribution in [1.82, 2.24) is 4.90 Å². The van der Waals surface area contributed by atoms with E-state index in [1.54, 1.807) is 0 Å². The molecular weight excluding hydrogens is 278 g/mol. The van der Waals surface area contributed by atoms with Gasteiger partial charge in [0.05, 0.1) is 0 Å². The molecule has 0 spiro atoms. The van der Waals surface area contributed by atoms with Crippen molar-refractivity contribution in [2.45, 2.75) is 12.6 Å². The maximum atomic E-state index is 13.4. The van der Waals surface area contributed by atoms with E-state index in [0.29, 0.717) is 0 Å². The number of carbonyl (C=O) groups excluding carboxylic acids is 1. The summed E-state index contributed by atoms with van der Waals surface area (Å²) >= 11 is 0. The van der Waals surface area contributed by atoms with Gasteiger partial charge in [-0.25, -0.2) is 8.78 Å². The molecule has 2 N–H and O–H groups in total. The lowest BCUT2D eigenvalue weighted by Crippen LogP contribution is -2.41. The van der Waals surface area contributed by atoms with E-state index in [2.05, 4.69) is 0 Å². The average Bonchev–Trinajstić information content (AvgIpc) is 2.34. The molecule has 0 aliphatic heterocycles. The number of hydrogen-bond donors (Lipinski definition) is 1. The number of nitrogens with zero attached hydrogens (tertiary/aromatic N) is 1. The van der Waals surface area contributed by atoms with Crippen LogP contribution in [0.4, 0.5) is 8.78 Å². The molecule has 19 heavy (non-hydrogen) atoms. The Morgan fingerprint density at radius 3 is 2.58 bits per heavy atom. The molecular formula is C12H17ClF2N2O2. The zero-order valence-corrected chi connectivity index (χ0v) is 11.5. The van der Waals surface area contributed by atoms with Gasteiger partial charge < -0.3 is 15.4 Å². The van der Waals surface area contributed by atoms with Crippen LogP contribution in [0, 0.1) is 11.6 Å². The second-order valence-electron chi connectivity index (χ2n) is 3.89. The van der Waals surface area contributed by atoms with E-state index in [1.807, 2.05) is 0 Å². The summed E-state index contributed by atoms with van der Waals surface area (Å²) < 4.78 is 31.0. The van der Waals surface area contributed by atoms with Gasteiger partial charge in [0.1, 0.15) is 17.7 Å². The van der Waals surface area contributed by atoms with Crippen LogP contribution < -0.4 is 5.73 Å².